The first-order valence-electron chi connectivity index (χ1n) is 7.76. The van der Waals surface area contributed by atoms with Crippen molar-refractivity contribution in [2.75, 3.05) is 26.2 Å². The van der Waals surface area contributed by atoms with Gasteiger partial charge in [-0.15, -0.1) is 0 Å². The number of nitrogens with two attached hydrogens (primary N) is 1. The second-order valence-corrected chi connectivity index (χ2v) is 7.21. The minimum Gasteiger partial charge on any atom is -0.464 e. The summed E-state index contributed by atoms with van der Waals surface area (Å²) >= 11 is 1.59. The lowest BCUT2D eigenvalue weighted by Gasteiger charge is -2.28. The number of quaternary nitrogens is 1. The quantitative estimate of drug-likeness (QED) is 0.582. The summed E-state index contributed by atoms with van der Waals surface area (Å²) < 4.78 is 10.5. The molecule has 2 aliphatic heterocycles. The molecule has 4 atom stereocenters. The van der Waals surface area contributed by atoms with Crippen LogP contribution in [-0.4, -0.2) is 54.4 Å². The molecule has 2 N–H and O–H groups in total. The van der Waals surface area contributed by atoms with Crippen molar-refractivity contribution in [3.8, 4) is 0 Å². The zero-order valence-corrected chi connectivity index (χ0v) is 14.7. The molecule has 2 fully saturated rings. The van der Waals surface area contributed by atoms with Gasteiger partial charge in [-0.2, -0.15) is 11.8 Å². The fourth-order valence-electron chi connectivity index (χ4n) is 4.00. The van der Waals surface area contributed by atoms with E-state index in [2.05, 4.69) is 0 Å². The summed E-state index contributed by atoms with van der Waals surface area (Å²) in [6, 6.07) is 3.10. The molecule has 2 amide bonds. The number of methoxy groups -OCH3 is 1. The summed E-state index contributed by atoms with van der Waals surface area (Å²) in [4.78, 5) is 39.2. The SMILES string of the molecule is COC(=O)[C@]1(CCSC)[NH2+][C@H](c2ccco2)[C@@H]2C(=O)N(C)C(=O)[C@H]21. The number of carbonyl (C=O) groups is 3. The van der Waals surface area contributed by atoms with E-state index >= 15 is 0 Å². The Kier molecular flexibility index (Phi) is 4.44. The largest absolute Gasteiger partial charge is 0.464 e. The van der Waals surface area contributed by atoms with Crippen molar-refractivity contribution in [1.82, 2.24) is 4.90 Å². The normalized spacial score (nSPS) is 32.3. The lowest BCUT2D eigenvalue weighted by molar-refractivity contribution is -0.736. The van der Waals surface area contributed by atoms with Gasteiger partial charge in [0.1, 0.15) is 11.8 Å². The van der Waals surface area contributed by atoms with E-state index in [1.54, 1.807) is 23.9 Å². The van der Waals surface area contributed by atoms with E-state index in [-0.39, 0.29) is 11.8 Å². The summed E-state index contributed by atoms with van der Waals surface area (Å²) in [5.41, 5.74) is -1.10. The van der Waals surface area contributed by atoms with Crippen molar-refractivity contribution in [1.29, 1.82) is 0 Å². The minimum absolute atomic E-state index is 0.266. The molecule has 2 aliphatic rings. The van der Waals surface area contributed by atoms with E-state index in [1.807, 2.05) is 11.6 Å². The highest BCUT2D eigenvalue weighted by Crippen LogP contribution is 2.45. The molecule has 0 saturated carbocycles. The molecule has 1 aromatic heterocycles. The molecule has 0 aromatic carbocycles. The van der Waals surface area contributed by atoms with Gasteiger partial charge >= 0.3 is 5.97 Å². The van der Waals surface area contributed by atoms with Gasteiger partial charge in [-0.05, 0) is 24.1 Å². The van der Waals surface area contributed by atoms with Gasteiger partial charge in [0.25, 0.3) is 0 Å². The second-order valence-electron chi connectivity index (χ2n) is 6.22. The fraction of sp³-hybridized carbons (Fsp3) is 0.562. The number of ether oxygens (including phenoxy) is 1. The summed E-state index contributed by atoms with van der Waals surface area (Å²) in [6.07, 6.45) is 3.92. The highest BCUT2D eigenvalue weighted by Gasteiger charge is 2.72. The highest BCUT2D eigenvalue weighted by atomic mass is 32.2. The van der Waals surface area contributed by atoms with Gasteiger partial charge in [0, 0.05) is 13.5 Å². The summed E-state index contributed by atoms with van der Waals surface area (Å²) in [5.74, 6) is -1.11. The van der Waals surface area contributed by atoms with E-state index in [0.717, 1.165) is 4.90 Å². The number of fused-ring (bicyclic) bond motifs is 1. The van der Waals surface area contributed by atoms with Crippen LogP contribution in [0.15, 0.2) is 22.8 Å². The molecule has 24 heavy (non-hydrogen) atoms. The molecule has 0 spiro atoms. The van der Waals surface area contributed by atoms with E-state index < -0.39 is 29.4 Å². The molecule has 7 nitrogen and oxygen atoms in total. The van der Waals surface area contributed by atoms with Crippen LogP contribution in [0.4, 0.5) is 0 Å². The maximum Gasteiger partial charge on any atom is 0.368 e. The van der Waals surface area contributed by atoms with Crippen LogP contribution in [0.3, 0.4) is 0 Å². The Hall–Kier alpha value is -1.80. The van der Waals surface area contributed by atoms with Gasteiger partial charge in [-0.25, -0.2) is 4.79 Å². The Morgan fingerprint density at radius 1 is 1.46 bits per heavy atom. The minimum atomic E-state index is -1.10. The lowest BCUT2D eigenvalue weighted by atomic mass is 9.78. The first-order chi connectivity index (χ1) is 11.5. The van der Waals surface area contributed by atoms with E-state index in [1.165, 1.54) is 20.4 Å². The summed E-state index contributed by atoms with van der Waals surface area (Å²) in [6.45, 7) is 0. The molecule has 3 heterocycles. The van der Waals surface area contributed by atoms with Crippen LogP contribution in [0.5, 0.6) is 0 Å². The van der Waals surface area contributed by atoms with Crippen molar-refractivity contribution in [2.45, 2.75) is 18.0 Å². The van der Waals surface area contributed by atoms with Crippen molar-refractivity contribution < 1.29 is 28.9 Å². The predicted octanol–water partition coefficient (Wildman–Crippen LogP) is -0.206. The zero-order chi connectivity index (χ0) is 17.5. The van der Waals surface area contributed by atoms with Gasteiger partial charge < -0.3 is 14.5 Å². The van der Waals surface area contributed by atoms with E-state index in [4.69, 9.17) is 9.15 Å². The van der Waals surface area contributed by atoms with Gasteiger partial charge in [0.2, 0.25) is 17.4 Å². The number of carbonyl (C=O) groups excluding carboxylic acids is 3. The maximum atomic E-state index is 12.8. The highest BCUT2D eigenvalue weighted by molar-refractivity contribution is 7.98. The molecule has 0 aliphatic carbocycles. The summed E-state index contributed by atoms with van der Waals surface area (Å²) in [7, 11) is 2.79. The number of hydrogen-bond acceptors (Lipinski definition) is 6. The van der Waals surface area contributed by atoms with Crippen LogP contribution in [0.2, 0.25) is 0 Å². The standard InChI is InChI=1S/C16H20N2O5S/c1-18-13(19)10-11(14(18)20)16(6-8-24-3,15(21)22-2)17-12(10)9-5-4-7-23-9/h4-5,7,10-12,17H,6,8H2,1-3H3/p+1/t10-,11+,12-,16-/m1/s1. The first-order valence-corrected chi connectivity index (χ1v) is 9.15. The number of esters is 1. The molecular formula is C16H21N2O5S+. The molecule has 1 aromatic rings. The van der Waals surface area contributed by atoms with Crippen LogP contribution in [0, 0.1) is 11.8 Å². The topological polar surface area (TPSA) is 93.4 Å². The molecule has 8 heteroatoms. The van der Waals surface area contributed by atoms with Gasteiger partial charge in [-0.1, -0.05) is 0 Å². The zero-order valence-electron chi connectivity index (χ0n) is 13.9. The first kappa shape index (κ1) is 17.0. The van der Waals surface area contributed by atoms with Crippen LogP contribution in [0.1, 0.15) is 18.2 Å². The fourth-order valence-corrected chi connectivity index (χ4v) is 4.55. The number of likely N-dealkylation sites (tertiary alicyclic amines) is 1. The Morgan fingerprint density at radius 3 is 2.79 bits per heavy atom. The number of hydrogen-bond donors (Lipinski definition) is 1. The molecular weight excluding hydrogens is 332 g/mol. The van der Waals surface area contributed by atoms with E-state index in [9.17, 15) is 14.4 Å². The third kappa shape index (κ3) is 2.28. The van der Waals surface area contributed by atoms with Crippen molar-refractivity contribution >= 4 is 29.5 Å². The molecule has 3 rings (SSSR count). The van der Waals surface area contributed by atoms with Crippen molar-refractivity contribution in [3.05, 3.63) is 24.2 Å². The molecule has 130 valence electrons. The Bertz CT molecular complexity index is 661. The molecule has 0 radical (unpaired) electrons. The lowest BCUT2D eigenvalue weighted by Crippen LogP contribution is -2.98. The number of rotatable bonds is 5. The monoisotopic (exact) mass is 353 g/mol. The van der Waals surface area contributed by atoms with Crippen LogP contribution in [-0.2, 0) is 19.1 Å². The number of amides is 2. The maximum absolute atomic E-state index is 12.8. The third-order valence-electron chi connectivity index (χ3n) is 5.15. The van der Waals surface area contributed by atoms with Crippen LogP contribution in [0.25, 0.3) is 0 Å². The average Bonchev–Trinajstić information content (AvgIpc) is 3.27. The number of thioether (sulfide) groups is 1. The molecule has 0 unspecified atom stereocenters. The molecule has 0 bridgehead atoms. The predicted molar refractivity (Wildman–Crippen MR) is 85.9 cm³/mol. The number of imide groups is 1. The van der Waals surface area contributed by atoms with Gasteiger partial charge in [-0.3, -0.25) is 14.5 Å². The van der Waals surface area contributed by atoms with E-state index in [0.29, 0.717) is 17.9 Å². The van der Waals surface area contributed by atoms with Crippen LogP contribution >= 0.6 is 11.8 Å². The van der Waals surface area contributed by atoms with Crippen molar-refractivity contribution in [3.63, 3.8) is 0 Å². The number of nitrogens with zero attached hydrogens (tertiary/aromatic N) is 1. The van der Waals surface area contributed by atoms with Crippen molar-refractivity contribution in [2.24, 2.45) is 11.8 Å². The number of furan rings is 1. The Labute approximate surface area is 144 Å². The Balaban J connectivity index is 2.10. The third-order valence-corrected chi connectivity index (χ3v) is 5.76. The second kappa shape index (κ2) is 6.25. The Morgan fingerprint density at radius 2 is 2.21 bits per heavy atom. The van der Waals surface area contributed by atoms with Gasteiger partial charge in [0.15, 0.2) is 11.8 Å². The summed E-state index contributed by atoms with van der Waals surface area (Å²) in [5, 5.41) is 1.81. The van der Waals surface area contributed by atoms with Gasteiger partial charge in [0.05, 0.1) is 13.4 Å². The smallest absolute Gasteiger partial charge is 0.368 e. The van der Waals surface area contributed by atoms with Crippen LogP contribution < -0.4 is 5.32 Å². The average molecular weight is 353 g/mol. The molecule has 2 saturated heterocycles.